The smallest absolute Gasteiger partial charge is 0.248 e. The Hall–Kier alpha value is -3.03. The number of halogens is 1. The zero-order valence-electron chi connectivity index (χ0n) is 12.5. The normalized spacial score (nSPS) is 10.7. The summed E-state index contributed by atoms with van der Waals surface area (Å²) in [5.41, 5.74) is 1.74. The molecule has 8 heteroatoms. The zero-order valence-corrected chi connectivity index (χ0v) is 12.5. The quantitative estimate of drug-likeness (QED) is 0.776. The van der Waals surface area contributed by atoms with Gasteiger partial charge in [0.25, 0.3) is 0 Å². The minimum absolute atomic E-state index is 0.0976. The first-order valence-electron chi connectivity index (χ1n) is 7.02. The van der Waals surface area contributed by atoms with Gasteiger partial charge in [-0.15, -0.1) is 5.10 Å². The lowest BCUT2D eigenvalue weighted by atomic mass is 10.2. The van der Waals surface area contributed by atoms with Crippen LogP contribution in [0.2, 0.25) is 0 Å². The van der Waals surface area contributed by atoms with Crippen molar-refractivity contribution in [3.05, 3.63) is 59.9 Å². The molecular formula is C15H15FN6O. The summed E-state index contributed by atoms with van der Waals surface area (Å²) < 4.78 is 16.0. The lowest BCUT2D eigenvalue weighted by Crippen LogP contribution is -2.20. The number of nitrogens with zero attached hydrogens (tertiary/aromatic N) is 5. The van der Waals surface area contributed by atoms with Crippen LogP contribution in [0.5, 0.6) is 0 Å². The predicted octanol–water partition coefficient (Wildman–Crippen LogP) is 1.61. The van der Waals surface area contributed by atoms with Gasteiger partial charge in [0.2, 0.25) is 11.9 Å². The van der Waals surface area contributed by atoms with E-state index in [1.165, 1.54) is 18.5 Å². The molecule has 0 saturated heterocycles. The maximum absolute atomic E-state index is 12.9. The van der Waals surface area contributed by atoms with Crippen molar-refractivity contribution in [1.29, 1.82) is 0 Å². The van der Waals surface area contributed by atoms with Crippen molar-refractivity contribution in [2.45, 2.75) is 20.0 Å². The van der Waals surface area contributed by atoms with Gasteiger partial charge >= 0.3 is 0 Å². The van der Waals surface area contributed by atoms with Crippen molar-refractivity contribution in [2.75, 3.05) is 5.32 Å². The van der Waals surface area contributed by atoms with Crippen molar-refractivity contribution in [3.8, 4) is 0 Å². The molecule has 1 amide bonds. The molecule has 0 aliphatic carbocycles. The van der Waals surface area contributed by atoms with Crippen LogP contribution in [0.4, 0.5) is 10.3 Å². The lowest BCUT2D eigenvalue weighted by molar-refractivity contribution is -0.116. The van der Waals surface area contributed by atoms with Gasteiger partial charge in [0.05, 0.1) is 12.2 Å². The van der Waals surface area contributed by atoms with Crippen molar-refractivity contribution in [2.24, 2.45) is 0 Å². The number of amides is 1. The summed E-state index contributed by atoms with van der Waals surface area (Å²) >= 11 is 0. The standard InChI is InChI=1S/C15H15FN6O/c1-11-6-7-21(19-11)9-14(23)18-15-17-10-22(20-15)8-12-2-4-13(16)5-3-12/h2-7,10H,8-9H2,1H3,(H,18,20,23). The molecule has 0 fully saturated rings. The van der Waals surface area contributed by atoms with E-state index in [0.29, 0.717) is 6.54 Å². The Labute approximate surface area is 131 Å². The number of aryl methyl sites for hydroxylation is 1. The number of carbonyl (C=O) groups excluding carboxylic acids is 1. The van der Waals surface area contributed by atoms with Gasteiger partial charge in [0.1, 0.15) is 18.7 Å². The van der Waals surface area contributed by atoms with E-state index in [1.807, 2.05) is 13.0 Å². The number of hydrogen-bond donors (Lipinski definition) is 1. The van der Waals surface area contributed by atoms with Crippen LogP contribution in [0.15, 0.2) is 42.9 Å². The fourth-order valence-electron chi connectivity index (χ4n) is 2.07. The number of rotatable bonds is 5. The average molecular weight is 314 g/mol. The molecule has 3 rings (SSSR count). The van der Waals surface area contributed by atoms with Gasteiger partial charge in [-0.3, -0.25) is 14.8 Å². The summed E-state index contributed by atoms with van der Waals surface area (Å²) in [6, 6.07) is 7.95. The van der Waals surface area contributed by atoms with Crippen molar-refractivity contribution in [1.82, 2.24) is 24.5 Å². The van der Waals surface area contributed by atoms with Gasteiger partial charge in [-0.05, 0) is 30.7 Å². The van der Waals surface area contributed by atoms with E-state index in [1.54, 1.807) is 27.7 Å². The van der Waals surface area contributed by atoms with Crippen molar-refractivity contribution in [3.63, 3.8) is 0 Å². The van der Waals surface area contributed by atoms with Gasteiger partial charge in [-0.2, -0.15) is 5.10 Å². The predicted molar refractivity (Wildman–Crippen MR) is 81.1 cm³/mol. The zero-order chi connectivity index (χ0) is 16.2. The number of nitrogens with one attached hydrogen (secondary N) is 1. The van der Waals surface area contributed by atoms with Crippen LogP contribution in [0.3, 0.4) is 0 Å². The summed E-state index contributed by atoms with van der Waals surface area (Å²) in [7, 11) is 0. The van der Waals surface area contributed by atoms with Crippen molar-refractivity contribution >= 4 is 11.9 Å². The van der Waals surface area contributed by atoms with Gasteiger partial charge in [0.15, 0.2) is 0 Å². The molecule has 118 valence electrons. The SMILES string of the molecule is Cc1ccn(CC(=O)Nc2ncn(Cc3ccc(F)cc3)n2)n1. The monoisotopic (exact) mass is 314 g/mol. The Kier molecular flexibility index (Phi) is 4.13. The van der Waals surface area contributed by atoms with Crippen LogP contribution in [0.25, 0.3) is 0 Å². The van der Waals surface area contributed by atoms with Crippen LogP contribution in [-0.4, -0.2) is 30.5 Å². The van der Waals surface area contributed by atoms with E-state index < -0.39 is 0 Å². The highest BCUT2D eigenvalue weighted by molar-refractivity contribution is 5.88. The van der Waals surface area contributed by atoms with E-state index in [0.717, 1.165) is 11.3 Å². The van der Waals surface area contributed by atoms with E-state index in [4.69, 9.17) is 0 Å². The number of hydrogen-bond acceptors (Lipinski definition) is 4. The lowest BCUT2D eigenvalue weighted by Gasteiger charge is -2.02. The average Bonchev–Trinajstić information content (AvgIpc) is 3.11. The molecule has 2 heterocycles. The summed E-state index contributed by atoms with van der Waals surface area (Å²) in [6.07, 6.45) is 3.24. The highest BCUT2D eigenvalue weighted by atomic mass is 19.1. The Morgan fingerprint density at radius 2 is 1.96 bits per heavy atom. The number of anilines is 1. The van der Waals surface area contributed by atoms with Crippen molar-refractivity contribution < 1.29 is 9.18 Å². The molecular weight excluding hydrogens is 299 g/mol. The first-order valence-corrected chi connectivity index (χ1v) is 7.02. The Morgan fingerprint density at radius 1 is 1.17 bits per heavy atom. The molecule has 1 N–H and O–H groups in total. The van der Waals surface area contributed by atoms with Crippen LogP contribution in [0, 0.1) is 12.7 Å². The Balaban J connectivity index is 1.58. The third-order valence-electron chi connectivity index (χ3n) is 3.13. The molecule has 3 aromatic rings. The minimum Gasteiger partial charge on any atom is -0.292 e. The second-order valence-electron chi connectivity index (χ2n) is 5.10. The number of benzene rings is 1. The minimum atomic E-state index is -0.283. The van der Waals surface area contributed by atoms with E-state index >= 15 is 0 Å². The van der Waals surface area contributed by atoms with Crippen LogP contribution >= 0.6 is 0 Å². The maximum Gasteiger partial charge on any atom is 0.248 e. The van der Waals surface area contributed by atoms with Gasteiger partial charge in [-0.25, -0.2) is 14.1 Å². The summed E-state index contributed by atoms with van der Waals surface area (Å²) in [5, 5.41) is 10.9. The van der Waals surface area contributed by atoms with Gasteiger partial charge in [-0.1, -0.05) is 12.1 Å². The van der Waals surface area contributed by atoms with Crippen LogP contribution in [0.1, 0.15) is 11.3 Å². The molecule has 0 unspecified atom stereocenters. The topological polar surface area (TPSA) is 77.6 Å². The molecule has 1 aromatic carbocycles. The fraction of sp³-hybridized carbons (Fsp3) is 0.200. The molecule has 0 radical (unpaired) electrons. The Bertz CT molecular complexity index is 807. The fourth-order valence-corrected chi connectivity index (χ4v) is 2.07. The van der Waals surface area contributed by atoms with E-state index in [9.17, 15) is 9.18 Å². The van der Waals surface area contributed by atoms with E-state index in [2.05, 4.69) is 20.5 Å². The van der Waals surface area contributed by atoms with Crippen LogP contribution < -0.4 is 5.32 Å². The Morgan fingerprint density at radius 3 is 2.65 bits per heavy atom. The highest BCUT2D eigenvalue weighted by Gasteiger charge is 2.08. The molecule has 0 spiro atoms. The molecule has 23 heavy (non-hydrogen) atoms. The molecule has 0 aliphatic rings. The first-order chi connectivity index (χ1) is 11.1. The maximum atomic E-state index is 12.9. The molecule has 2 aromatic heterocycles. The molecule has 0 aliphatic heterocycles. The number of carbonyl (C=O) groups is 1. The molecule has 7 nitrogen and oxygen atoms in total. The molecule has 0 bridgehead atoms. The summed E-state index contributed by atoms with van der Waals surface area (Å²) in [6.45, 7) is 2.40. The van der Waals surface area contributed by atoms with Crippen LogP contribution in [-0.2, 0) is 17.9 Å². The third-order valence-corrected chi connectivity index (χ3v) is 3.13. The summed E-state index contributed by atoms with van der Waals surface area (Å²) in [5.74, 6) is -0.317. The van der Waals surface area contributed by atoms with Gasteiger partial charge in [0, 0.05) is 6.20 Å². The molecule has 0 saturated carbocycles. The summed E-state index contributed by atoms with van der Waals surface area (Å²) in [4.78, 5) is 15.9. The van der Waals surface area contributed by atoms with E-state index in [-0.39, 0.29) is 24.2 Å². The first kappa shape index (κ1) is 14.9. The second-order valence-corrected chi connectivity index (χ2v) is 5.10. The second kappa shape index (κ2) is 6.39. The molecule has 0 atom stereocenters. The third kappa shape index (κ3) is 4.00. The largest absolute Gasteiger partial charge is 0.292 e. The van der Waals surface area contributed by atoms with Gasteiger partial charge < -0.3 is 0 Å². The highest BCUT2D eigenvalue weighted by Crippen LogP contribution is 2.06. The number of aromatic nitrogens is 5.